The molecule has 0 radical (unpaired) electrons. The Morgan fingerprint density at radius 3 is 2.50 bits per heavy atom. The van der Waals surface area contributed by atoms with E-state index in [9.17, 15) is 4.79 Å². The molecule has 0 unspecified atom stereocenters. The van der Waals surface area contributed by atoms with Gasteiger partial charge >= 0.3 is 0 Å². The van der Waals surface area contributed by atoms with E-state index < -0.39 is 0 Å². The van der Waals surface area contributed by atoms with Crippen LogP contribution in [0.25, 0.3) is 0 Å². The van der Waals surface area contributed by atoms with Gasteiger partial charge in [-0.1, -0.05) is 12.1 Å². The summed E-state index contributed by atoms with van der Waals surface area (Å²) < 4.78 is 1.85. The van der Waals surface area contributed by atoms with Crippen LogP contribution >= 0.6 is 0 Å². The minimum absolute atomic E-state index is 0.139. The lowest BCUT2D eigenvalue weighted by Crippen LogP contribution is -2.44. The molecule has 0 atom stereocenters. The lowest BCUT2D eigenvalue weighted by molar-refractivity contribution is 0.102. The summed E-state index contributed by atoms with van der Waals surface area (Å²) in [5.41, 5.74) is 2.41. The first-order valence-electron chi connectivity index (χ1n) is 9.45. The standard InChI is InChI=1S/C21H24N6O/c1-25-11-13-26(14-12-25)20-8-7-19(15-22-20)24-21(28)18-5-3-17(4-6-18)16-27-10-2-9-23-27/h2-10,15H,11-14,16H2,1H3,(H,24,28). The van der Waals surface area contributed by atoms with E-state index in [0.29, 0.717) is 17.8 Å². The largest absolute Gasteiger partial charge is 0.354 e. The fourth-order valence-electron chi connectivity index (χ4n) is 3.23. The smallest absolute Gasteiger partial charge is 0.255 e. The SMILES string of the molecule is CN1CCN(c2ccc(NC(=O)c3ccc(Cn4cccn4)cc3)cn2)CC1. The predicted octanol–water partition coefficient (Wildman–Crippen LogP) is 2.33. The molecule has 1 saturated heterocycles. The van der Waals surface area contributed by atoms with Crippen molar-refractivity contribution in [2.24, 2.45) is 0 Å². The van der Waals surface area contributed by atoms with Crippen molar-refractivity contribution in [1.29, 1.82) is 0 Å². The molecule has 7 nitrogen and oxygen atoms in total. The third-order valence-corrected chi connectivity index (χ3v) is 4.95. The second kappa shape index (κ2) is 8.22. The molecule has 1 fully saturated rings. The number of aromatic nitrogens is 3. The molecule has 4 rings (SSSR count). The highest BCUT2D eigenvalue weighted by Crippen LogP contribution is 2.17. The van der Waals surface area contributed by atoms with E-state index in [2.05, 4.69) is 32.2 Å². The maximum absolute atomic E-state index is 12.5. The molecule has 1 aliphatic heterocycles. The van der Waals surface area contributed by atoms with Crippen molar-refractivity contribution in [3.05, 3.63) is 72.2 Å². The van der Waals surface area contributed by atoms with Crippen LogP contribution in [0.15, 0.2) is 61.1 Å². The molecule has 28 heavy (non-hydrogen) atoms. The highest BCUT2D eigenvalue weighted by atomic mass is 16.1. The number of amides is 1. The molecule has 0 spiro atoms. The molecule has 0 saturated carbocycles. The van der Waals surface area contributed by atoms with Crippen molar-refractivity contribution in [3.8, 4) is 0 Å². The summed E-state index contributed by atoms with van der Waals surface area (Å²) in [5, 5.41) is 7.11. The number of nitrogens with zero attached hydrogens (tertiary/aromatic N) is 5. The van der Waals surface area contributed by atoms with Crippen LogP contribution in [0.4, 0.5) is 11.5 Å². The van der Waals surface area contributed by atoms with Crippen molar-refractivity contribution in [2.45, 2.75) is 6.54 Å². The Labute approximate surface area is 164 Å². The minimum atomic E-state index is -0.139. The number of pyridine rings is 1. The first-order chi connectivity index (χ1) is 13.7. The Kier molecular flexibility index (Phi) is 5.34. The summed E-state index contributed by atoms with van der Waals surface area (Å²) in [5.74, 6) is 0.814. The van der Waals surface area contributed by atoms with Gasteiger partial charge in [0.05, 0.1) is 18.4 Å². The minimum Gasteiger partial charge on any atom is -0.354 e. The Hall–Kier alpha value is -3.19. The van der Waals surface area contributed by atoms with Gasteiger partial charge < -0.3 is 15.1 Å². The molecule has 1 N–H and O–H groups in total. The van der Waals surface area contributed by atoms with Gasteiger partial charge in [-0.3, -0.25) is 9.48 Å². The van der Waals surface area contributed by atoms with Gasteiger partial charge in [0.2, 0.25) is 0 Å². The van der Waals surface area contributed by atoms with Gasteiger partial charge in [-0.2, -0.15) is 5.10 Å². The van der Waals surface area contributed by atoms with Gasteiger partial charge in [0.1, 0.15) is 5.82 Å². The van der Waals surface area contributed by atoms with Gasteiger partial charge in [0, 0.05) is 44.1 Å². The summed E-state index contributed by atoms with van der Waals surface area (Å²) in [6.07, 6.45) is 5.39. The Morgan fingerprint density at radius 2 is 1.86 bits per heavy atom. The summed E-state index contributed by atoms with van der Waals surface area (Å²) in [4.78, 5) is 21.6. The average molecular weight is 376 g/mol. The van der Waals surface area contributed by atoms with Crippen LogP contribution in [0.1, 0.15) is 15.9 Å². The zero-order chi connectivity index (χ0) is 19.3. The van der Waals surface area contributed by atoms with Crippen molar-refractivity contribution in [2.75, 3.05) is 43.4 Å². The molecule has 0 bridgehead atoms. The average Bonchev–Trinajstić information content (AvgIpc) is 3.23. The molecule has 3 aromatic rings. The zero-order valence-corrected chi connectivity index (χ0v) is 16.0. The van der Waals surface area contributed by atoms with E-state index >= 15 is 0 Å². The summed E-state index contributed by atoms with van der Waals surface area (Å²) in [6.45, 7) is 4.71. The topological polar surface area (TPSA) is 66.3 Å². The predicted molar refractivity (Wildman–Crippen MR) is 110 cm³/mol. The molecule has 1 aliphatic rings. The Bertz CT molecular complexity index is 897. The second-order valence-corrected chi connectivity index (χ2v) is 7.05. The fourth-order valence-corrected chi connectivity index (χ4v) is 3.23. The van der Waals surface area contributed by atoms with E-state index in [1.54, 1.807) is 12.4 Å². The number of rotatable bonds is 5. The maximum Gasteiger partial charge on any atom is 0.255 e. The van der Waals surface area contributed by atoms with Crippen molar-refractivity contribution < 1.29 is 4.79 Å². The molecular formula is C21H24N6O. The van der Waals surface area contributed by atoms with E-state index in [-0.39, 0.29) is 5.91 Å². The van der Waals surface area contributed by atoms with Gasteiger partial charge in [-0.15, -0.1) is 0 Å². The molecule has 0 aliphatic carbocycles. The van der Waals surface area contributed by atoms with Crippen LogP contribution < -0.4 is 10.2 Å². The van der Waals surface area contributed by atoms with E-state index in [1.807, 2.05) is 53.3 Å². The van der Waals surface area contributed by atoms with E-state index in [0.717, 1.165) is 37.6 Å². The van der Waals surface area contributed by atoms with Crippen molar-refractivity contribution >= 4 is 17.4 Å². The monoisotopic (exact) mass is 376 g/mol. The van der Waals surface area contributed by atoms with Crippen LogP contribution in [0.2, 0.25) is 0 Å². The van der Waals surface area contributed by atoms with Crippen molar-refractivity contribution in [3.63, 3.8) is 0 Å². The number of piperazine rings is 1. The molecule has 2 aromatic heterocycles. The summed E-state index contributed by atoms with van der Waals surface area (Å²) in [7, 11) is 2.13. The van der Waals surface area contributed by atoms with Gasteiger partial charge in [0.25, 0.3) is 5.91 Å². The third kappa shape index (κ3) is 4.37. The van der Waals surface area contributed by atoms with Crippen LogP contribution in [-0.2, 0) is 6.54 Å². The summed E-state index contributed by atoms with van der Waals surface area (Å²) >= 11 is 0. The fraction of sp³-hybridized carbons (Fsp3) is 0.286. The van der Waals surface area contributed by atoms with Gasteiger partial charge in [-0.05, 0) is 42.9 Å². The highest BCUT2D eigenvalue weighted by Gasteiger charge is 2.15. The first kappa shape index (κ1) is 18.2. The number of hydrogen-bond donors (Lipinski definition) is 1. The molecule has 7 heteroatoms. The lowest BCUT2D eigenvalue weighted by atomic mass is 10.1. The molecule has 144 valence electrons. The quantitative estimate of drug-likeness (QED) is 0.740. The summed E-state index contributed by atoms with van der Waals surface area (Å²) in [6, 6.07) is 13.3. The number of anilines is 2. The lowest BCUT2D eigenvalue weighted by Gasteiger charge is -2.33. The normalized spacial score (nSPS) is 14.8. The van der Waals surface area contributed by atoms with Gasteiger partial charge in [-0.25, -0.2) is 4.98 Å². The Morgan fingerprint density at radius 1 is 1.07 bits per heavy atom. The Balaban J connectivity index is 1.35. The first-order valence-corrected chi connectivity index (χ1v) is 9.45. The van der Waals surface area contributed by atoms with Gasteiger partial charge in [0.15, 0.2) is 0 Å². The van der Waals surface area contributed by atoms with Crippen LogP contribution in [0, 0.1) is 0 Å². The van der Waals surface area contributed by atoms with E-state index in [1.165, 1.54) is 0 Å². The number of nitrogens with one attached hydrogen (secondary N) is 1. The number of carbonyl (C=O) groups is 1. The number of benzene rings is 1. The van der Waals surface area contributed by atoms with Crippen molar-refractivity contribution in [1.82, 2.24) is 19.7 Å². The van der Waals surface area contributed by atoms with Crippen LogP contribution in [0.5, 0.6) is 0 Å². The number of hydrogen-bond acceptors (Lipinski definition) is 5. The van der Waals surface area contributed by atoms with Crippen LogP contribution in [0.3, 0.4) is 0 Å². The van der Waals surface area contributed by atoms with E-state index in [4.69, 9.17) is 0 Å². The number of likely N-dealkylation sites (N-methyl/N-ethyl adjacent to an activating group) is 1. The second-order valence-electron chi connectivity index (χ2n) is 7.05. The molecule has 1 amide bonds. The van der Waals surface area contributed by atoms with Crippen LogP contribution in [-0.4, -0.2) is 58.8 Å². The number of carbonyl (C=O) groups excluding carboxylic acids is 1. The highest BCUT2D eigenvalue weighted by molar-refractivity contribution is 6.04. The third-order valence-electron chi connectivity index (χ3n) is 4.95. The maximum atomic E-state index is 12.5. The molecular weight excluding hydrogens is 352 g/mol. The zero-order valence-electron chi connectivity index (χ0n) is 16.0. The molecule has 3 heterocycles. The molecule has 1 aromatic carbocycles.